The monoisotopic (exact) mass is 331 g/mol. The van der Waals surface area contributed by atoms with Gasteiger partial charge in [0.15, 0.2) is 0 Å². The lowest BCUT2D eigenvalue weighted by molar-refractivity contribution is -0.113. The molecular weight excluding hydrogens is 310 g/mol. The summed E-state index contributed by atoms with van der Waals surface area (Å²) in [6.45, 7) is 4.44. The van der Waals surface area contributed by atoms with Gasteiger partial charge in [-0.1, -0.05) is 35.9 Å². The Hall–Kier alpha value is -2.14. The summed E-state index contributed by atoms with van der Waals surface area (Å²) in [5.41, 5.74) is 2.70. The topological polar surface area (TPSA) is 55.4 Å². The van der Waals surface area contributed by atoms with Crippen LogP contribution < -0.4 is 10.1 Å². The molecule has 0 aromatic heterocycles. The molecule has 1 unspecified atom stereocenters. The molecule has 0 radical (unpaired) electrons. The van der Waals surface area contributed by atoms with Gasteiger partial charge in [-0.2, -0.15) is 0 Å². The second kappa shape index (κ2) is 8.48. The highest BCUT2D eigenvalue weighted by Crippen LogP contribution is 2.19. The van der Waals surface area contributed by atoms with Crippen LogP contribution in [0.4, 0.5) is 5.69 Å². The minimum Gasteiger partial charge on any atom is -0.494 e. The predicted octanol–water partition coefficient (Wildman–Crippen LogP) is 3.28. The van der Waals surface area contributed by atoms with Gasteiger partial charge >= 0.3 is 0 Å². The van der Waals surface area contributed by atoms with Crippen LogP contribution in [0, 0.1) is 6.92 Å². The summed E-state index contributed by atoms with van der Waals surface area (Å²) in [5.74, 6) is 0.745. The summed E-state index contributed by atoms with van der Waals surface area (Å²) in [5, 5.41) is 2.76. The number of ether oxygens (including phenoxy) is 1. The SMILES string of the molecule is CCOc1ccccc1CS(=O)CC(=O)Nc1ccc(C)cc1. The Kier molecular flexibility index (Phi) is 6.35. The molecule has 2 aromatic carbocycles. The zero-order chi connectivity index (χ0) is 16.7. The fraction of sp³-hybridized carbons (Fsp3) is 0.278. The summed E-state index contributed by atoms with van der Waals surface area (Å²) in [4.78, 5) is 12.0. The predicted molar refractivity (Wildman–Crippen MR) is 94.1 cm³/mol. The van der Waals surface area contributed by atoms with Gasteiger partial charge in [-0.15, -0.1) is 0 Å². The minimum atomic E-state index is -1.29. The maximum absolute atomic E-state index is 12.2. The van der Waals surface area contributed by atoms with Crippen LogP contribution in [-0.2, 0) is 21.3 Å². The number of hydrogen-bond donors (Lipinski definition) is 1. The first-order chi connectivity index (χ1) is 11.1. The van der Waals surface area contributed by atoms with Crippen LogP contribution >= 0.6 is 0 Å². The normalized spacial score (nSPS) is 11.7. The lowest BCUT2D eigenvalue weighted by Gasteiger charge is -2.10. The van der Waals surface area contributed by atoms with Gasteiger partial charge in [-0.3, -0.25) is 9.00 Å². The quantitative estimate of drug-likeness (QED) is 0.847. The smallest absolute Gasteiger partial charge is 0.237 e. The van der Waals surface area contributed by atoms with Crippen molar-refractivity contribution >= 4 is 22.4 Å². The van der Waals surface area contributed by atoms with Crippen molar-refractivity contribution in [2.24, 2.45) is 0 Å². The Morgan fingerprint density at radius 3 is 2.52 bits per heavy atom. The van der Waals surface area contributed by atoms with Crippen molar-refractivity contribution in [3.05, 3.63) is 59.7 Å². The molecule has 0 aliphatic heterocycles. The fourth-order valence-electron chi connectivity index (χ4n) is 2.12. The Morgan fingerprint density at radius 2 is 1.83 bits per heavy atom. The molecule has 0 heterocycles. The molecule has 122 valence electrons. The lowest BCUT2D eigenvalue weighted by Crippen LogP contribution is -2.20. The molecule has 5 heteroatoms. The molecule has 1 atom stereocenters. The van der Waals surface area contributed by atoms with Crippen LogP contribution in [0.2, 0.25) is 0 Å². The molecule has 1 N–H and O–H groups in total. The number of para-hydroxylation sites is 1. The number of rotatable bonds is 7. The van der Waals surface area contributed by atoms with Gasteiger partial charge in [0, 0.05) is 22.1 Å². The second-order valence-electron chi connectivity index (χ2n) is 5.18. The lowest BCUT2D eigenvalue weighted by atomic mass is 10.2. The maximum atomic E-state index is 12.2. The van der Waals surface area contributed by atoms with Gasteiger partial charge in [0.25, 0.3) is 0 Å². The molecule has 0 bridgehead atoms. The first kappa shape index (κ1) is 17.2. The highest BCUT2D eigenvalue weighted by Gasteiger charge is 2.12. The first-order valence-corrected chi connectivity index (χ1v) is 8.99. The number of hydrogen-bond acceptors (Lipinski definition) is 3. The molecule has 0 fully saturated rings. The molecule has 0 aliphatic carbocycles. The first-order valence-electron chi connectivity index (χ1n) is 7.50. The molecule has 0 aliphatic rings. The van der Waals surface area contributed by atoms with Crippen LogP contribution in [0.3, 0.4) is 0 Å². The molecular formula is C18H21NO3S. The second-order valence-corrected chi connectivity index (χ2v) is 6.64. The molecule has 23 heavy (non-hydrogen) atoms. The van der Waals surface area contributed by atoms with E-state index in [1.165, 1.54) is 0 Å². The average Bonchev–Trinajstić information content (AvgIpc) is 2.51. The highest BCUT2D eigenvalue weighted by molar-refractivity contribution is 7.85. The van der Waals surface area contributed by atoms with Gasteiger partial charge in [0.2, 0.25) is 5.91 Å². The van der Waals surface area contributed by atoms with Crippen LogP contribution in [-0.4, -0.2) is 22.5 Å². The third kappa shape index (κ3) is 5.53. The number of amides is 1. The summed E-state index contributed by atoms with van der Waals surface area (Å²) in [7, 11) is -1.29. The van der Waals surface area contributed by atoms with Crippen LogP contribution in [0.15, 0.2) is 48.5 Å². The van der Waals surface area contributed by atoms with Gasteiger partial charge in [0.05, 0.1) is 12.4 Å². The van der Waals surface area contributed by atoms with Gasteiger partial charge in [0.1, 0.15) is 11.5 Å². The van der Waals surface area contributed by atoms with E-state index in [0.29, 0.717) is 18.0 Å². The number of nitrogens with one attached hydrogen (secondary N) is 1. The van der Waals surface area contributed by atoms with E-state index in [0.717, 1.165) is 16.9 Å². The Balaban J connectivity index is 1.91. The molecule has 0 saturated heterocycles. The van der Waals surface area contributed by atoms with Crippen molar-refractivity contribution in [3.63, 3.8) is 0 Å². The van der Waals surface area contributed by atoms with E-state index in [9.17, 15) is 9.00 Å². The minimum absolute atomic E-state index is 0.0334. The van der Waals surface area contributed by atoms with Gasteiger partial charge in [-0.05, 0) is 32.0 Å². The van der Waals surface area contributed by atoms with Gasteiger partial charge < -0.3 is 10.1 Å². The number of benzene rings is 2. The standard InChI is InChI=1S/C18H21NO3S/c1-3-22-17-7-5-4-6-15(17)12-23(21)13-18(20)19-16-10-8-14(2)9-11-16/h4-11H,3,12-13H2,1-2H3,(H,19,20). The molecule has 2 aromatic rings. The molecule has 2 rings (SSSR count). The Morgan fingerprint density at radius 1 is 1.13 bits per heavy atom. The molecule has 1 amide bonds. The highest BCUT2D eigenvalue weighted by atomic mass is 32.2. The summed E-state index contributed by atoms with van der Waals surface area (Å²) in [6, 6.07) is 15.0. The van der Waals surface area contributed by atoms with E-state index < -0.39 is 10.8 Å². The van der Waals surface area contributed by atoms with Crippen LogP contribution in [0.1, 0.15) is 18.1 Å². The molecule has 0 saturated carbocycles. The van der Waals surface area contributed by atoms with E-state index in [2.05, 4.69) is 5.32 Å². The zero-order valence-electron chi connectivity index (χ0n) is 13.4. The molecule has 4 nitrogen and oxygen atoms in total. The largest absolute Gasteiger partial charge is 0.494 e. The number of anilines is 1. The van der Waals surface area contributed by atoms with Crippen molar-refractivity contribution in [2.75, 3.05) is 17.7 Å². The zero-order valence-corrected chi connectivity index (χ0v) is 14.2. The van der Waals surface area contributed by atoms with Gasteiger partial charge in [-0.25, -0.2) is 0 Å². The van der Waals surface area contributed by atoms with E-state index in [4.69, 9.17) is 4.74 Å². The Labute approximate surface area is 139 Å². The van der Waals surface area contributed by atoms with Crippen molar-refractivity contribution in [1.29, 1.82) is 0 Å². The van der Waals surface area contributed by atoms with E-state index in [-0.39, 0.29) is 11.7 Å². The third-order valence-corrected chi connectivity index (χ3v) is 4.43. The van der Waals surface area contributed by atoms with Crippen molar-refractivity contribution in [3.8, 4) is 5.75 Å². The van der Waals surface area contributed by atoms with Crippen molar-refractivity contribution < 1.29 is 13.7 Å². The fourth-order valence-corrected chi connectivity index (χ4v) is 3.18. The summed E-state index contributed by atoms with van der Waals surface area (Å²) < 4.78 is 17.7. The third-order valence-electron chi connectivity index (χ3n) is 3.22. The van der Waals surface area contributed by atoms with E-state index >= 15 is 0 Å². The summed E-state index contributed by atoms with van der Waals surface area (Å²) in [6.07, 6.45) is 0. The maximum Gasteiger partial charge on any atom is 0.237 e. The molecule has 0 spiro atoms. The number of aryl methyl sites for hydroxylation is 1. The average molecular weight is 331 g/mol. The van der Waals surface area contributed by atoms with Crippen molar-refractivity contribution in [1.82, 2.24) is 0 Å². The number of carbonyl (C=O) groups excluding carboxylic acids is 1. The van der Waals surface area contributed by atoms with E-state index in [1.807, 2.05) is 62.4 Å². The van der Waals surface area contributed by atoms with Crippen LogP contribution in [0.25, 0.3) is 0 Å². The summed E-state index contributed by atoms with van der Waals surface area (Å²) >= 11 is 0. The van der Waals surface area contributed by atoms with Crippen molar-refractivity contribution in [2.45, 2.75) is 19.6 Å². The number of carbonyl (C=O) groups is 1. The van der Waals surface area contributed by atoms with Crippen LogP contribution in [0.5, 0.6) is 5.75 Å². The van der Waals surface area contributed by atoms with E-state index in [1.54, 1.807) is 0 Å². The Bertz CT molecular complexity index is 683.